The van der Waals surface area contributed by atoms with Gasteiger partial charge in [0, 0.05) is 18.3 Å². The van der Waals surface area contributed by atoms with Crippen LogP contribution in [-0.4, -0.2) is 40.9 Å². The third-order valence-electron chi connectivity index (χ3n) is 3.11. The van der Waals surface area contributed by atoms with Crippen molar-refractivity contribution in [3.63, 3.8) is 0 Å². The van der Waals surface area contributed by atoms with Gasteiger partial charge in [0.05, 0.1) is 6.54 Å². The minimum absolute atomic E-state index is 0.131. The van der Waals surface area contributed by atoms with Crippen molar-refractivity contribution in [1.82, 2.24) is 15.3 Å². The number of amides is 2. The standard InChI is InChI=1S/C13H19N5O2/c1-4-9-12(20)17-11(19)7-18(9)10-6-8(3)15-13(16-10)14-5-2/h6,9H,4-5,7H2,1-3H3,(H,14,15,16)(H,17,19,20). The molecule has 1 unspecified atom stereocenters. The first-order valence-electron chi connectivity index (χ1n) is 6.75. The van der Waals surface area contributed by atoms with Crippen molar-refractivity contribution in [3.05, 3.63) is 11.8 Å². The lowest BCUT2D eigenvalue weighted by molar-refractivity contribution is -0.132. The summed E-state index contributed by atoms with van der Waals surface area (Å²) in [5, 5.41) is 5.40. The molecule has 0 aromatic carbocycles. The molecule has 2 heterocycles. The van der Waals surface area contributed by atoms with E-state index in [0.29, 0.717) is 24.7 Å². The topological polar surface area (TPSA) is 87.2 Å². The van der Waals surface area contributed by atoms with E-state index < -0.39 is 0 Å². The highest BCUT2D eigenvalue weighted by molar-refractivity contribution is 6.04. The van der Waals surface area contributed by atoms with E-state index in [1.807, 2.05) is 20.8 Å². The van der Waals surface area contributed by atoms with Crippen LogP contribution < -0.4 is 15.5 Å². The van der Waals surface area contributed by atoms with Crippen LogP contribution in [-0.2, 0) is 9.59 Å². The molecule has 1 atom stereocenters. The Balaban J connectivity index is 2.36. The minimum Gasteiger partial charge on any atom is -0.354 e. The van der Waals surface area contributed by atoms with Gasteiger partial charge in [-0.1, -0.05) is 6.92 Å². The zero-order valence-corrected chi connectivity index (χ0v) is 11.9. The molecule has 1 aromatic rings. The second-order valence-corrected chi connectivity index (χ2v) is 4.69. The molecule has 108 valence electrons. The van der Waals surface area contributed by atoms with Gasteiger partial charge in [-0.05, 0) is 20.3 Å². The van der Waals surface area contributed by atoms with Crippen molar-refractivity contribution in [2.75, 3.05) is 23.3 Å². The third-order valence-corrected chi connectivity index (χ3v) is 3.11. The zero-order valence-electron chi connectivity index (χ0n) is 11.9. The summed E-state index contributed by atoms with van der Waals surface area (Å²) in [4.78, 5) is 33.9. The van der Waals surface area contributed by atoms with Crippen LogP contribution in [0.1, 0.15) is 26.0 Å². The van der Waals surface area contributed by atoms with Crippen molar-refractivity contribution >= 4 is 23.6 Å². The van der Waals surface area contributed by atoms with Crippen LogP contribution in [0.4, 0.5) is 11.8 Å². The van der Waals surface area contributed by atoms with Gasteiger partial charge in [0.2, 0.25) is 17.8 Å². The summed E-state index contributed by atoms with van der Waals surface area (Å²) >= 11 is 0. The van der Waals surface area contributed by atoms with Crippen LogP contribution in [0.2, 0.25) is 0 Å². The lowest BCUT2D eigenvalue weighted by atomic mass is 10.1. The number of hydrogen-bond donors (Lipinski definition) is 2. The van der Waals surface area contributed by atoms with Crippen LogP contribution in [0.3, 0.4) is 0 Å². The van der Waals surface area contributed by atoms with Crippen molar-refractivity contribution in [2.24, 2.45) is 0 Å². The van der Waals surface area contributed by atoms with Gasteiger partial charge in [-0.15, -0.1) is 0 Å². The lowest BCUT2D eigenvalue weighted by Gasteiger charge is -2.34. The Hall–Kier alpha value is -2.18. The summed E-state index contributed by atoms with van der Waals surface area (Å²) in [5.74, 6) is 0.533. The molecule has 7 nitrogen and oxygen atoms in total. The predicted octanol–water partition coefficient (Wildman–Crippen LogP) is 0.458. The average Bonchev–Trinajstić information content (AvgIpc) is 2.37. The van der Waals surface area contributed by atoms with Gasteiger partial charge in [0.15, 0.2) is 0 Å². The number of aryl methyl sites for hydroxylation is 1. The quantitative estimate of drug-likeness (QED) is 0.777. The SMILES string of the molecule is CCNc1nc(C)cc(N2CC(=O)NC(=O)C2CC)n1. The van der Waals surface area contributed by atoms with Gasteiger partial charge in [-0.25, -0.2) is 4.98 Å². The summed E-state index contributed by atoms with van der Waals surface area (Å²) in [6.45, 7) is 6.56. The molecule has 2 rings (SSSR count). The Morgan fingerprint density at radius 1 is 1.40 bits per heavy atom. The summed E-state index contributed by atoms with van der Waals surface area (Å²) in [7, 11) is 0. The van der Waals surface area contributed by atoms with Crippen LogP contribution in [0.25, 0.3) is 0 Å². The second kappa shape index (κ2) is 5.85. The van der Waals surface area contributed by atoms with Crippen LogP contribution >= 0.6 is 0 Å². The third kappa shape index (κ3) is 2.87. The van der Waals surface area contributed by atoms with Crippen molar-refractivity contribution in [1.29, 1.82) is 0 Å². The second-order valence-electron chi connectivity index (χ2n) is 4.69. The summed E-state index contributed by atoms with van der Waals surface area (Å²) in [5.41, 5.74) is 0.791. The molecule has 1 aliphatic heterocycles. The first-order chi connectivity index (χ1) is 9.55. The smallest absolute Gasteiger partial charge is 0.249 e. The first-order valence-corrected chi connectivity index (χ1v) is 6.75. The largest absolute Gasteiger partial charge is 0.354 e. The molecule has 20 heavy (non-hydrogen) atoms. The van der Waals surface area contributed by atoms with Crippen LogP contribution in [0.5, 0.6) is 0 Å². The van der Waals surface area contributed by atoms with Crippen molar-refractivity contribution in [3.8, 4) is 0 Å². The van der Waals surface area contributed by atoms with Gasteiger partial charge in [-0.3, -0.25) is 14.9 Å². The molecular weight excluding hydrogens is 258 g/mol. The number of imide groups is 1. The van der Waals surface area contributed by atoms with Gasteiger partial charge in [0.25, 0.3) is 0 Å². The van der Waals surface area contributed by atoms with Gasteiger partial charge in [-0.2, -0.15) is 4.98 Å². The molecule has 2 amide bonds. The Morgan fingerprint density at radius 3 is 2.80 bits per heavy atom. The van der Waals surface area contributed by atoms with E-state index in [0.717, 1.165) is 5.69 Å². The van der Waals surface area contributed by atoms with E-state index in [1.54, 1.807) is 11.0 Å². The molecule has 7 heteroatoms. The molecule has 0 aliphatic carbocycles. The Kier molecular flexibility index (Phi) is 4.16. The Morgan fingerprint density at radius 2 is 2.15 bits per heavy atom. The fourth-order valence-corrected chi connectivity index (χ4v) is 2.25. The number of anilines is 2. The number of rotatable bonds is 4. The van der Waals surface area contributed by atoms with Crippen LogP contribution in [0.15, 0.2) is 6.07 Å². The van der Waals surface area contributed by atoms with E-state index in [9.17, 15) is 9.59 Å². The van der Waals surface area contributed by atoms with Crippen molar-refractivity contribution < 1.29 is 9.59 Å². The van der Waals surface area contributed by atoms with E-state index in [-0.39, 0.29) is 24.4 Å². The number of nitrogens with zero attached hydrogens (tertiary/aromatic N) is 3. The summed E-state index contributed by atoms with van der Waals surface area (Å²) in [6, 6.07) is 1.41. The Bertz CT molecular complexity index is 531. The normalized spacial score (nSPS) is 18.9. The van der Waals surface area contributed by atoms with E-state index in [4.69, 9.17) is 0 Å². The molecule has 1 saturated heterocycles. The first kappa shape index (κ1) is 14.2. The molecule has 0 bridgehead atoms. The number of aromatic nitrogens is 2. The number of piperazine rings is 1. The summed E-state index contributed by atoms with van der Waals surface area (Å²) in [6.07, 6.45) is 0.610. The number of nitrogens with one attached hydrogen (secondary N) is 2. The zero-order chi connectivity index (χ0) is 14.7. The molecule has 0 saturated carbocycles. The Labute approximate surface area is 117 Å². The molecule has 2 N–H and O–H groups in total. The van der Waals surface area contributed by atoms with Gasteiger partial charge >= 0.3 is 0 Å². The van der Waals surface area contributed by atoms with E-state index in [2.05, 4.69) is 20.6 Å². The maximum Gasteiger partial charge on any atom is 0.249 e. The van der Waals surface area contributed by atoms with E-state index in [1.165, 1.54) is 0 Å². The average molecular weight is 277 g/mol. The monoisotopic (exact) mass is 277 g/mol. The lowest BCUT2D eigenvalue weighted by Crippen LogP contribution is -2.58. The fourth-order valence-electron chi connectivity index (χ4n) is 2.25. The van der Waals surface area contributed by atoms with E-state index >= 15 is 0 Å². The minimum atomic E-state index is -0.378. The molecule has 0 spiro atoms. The molecule has 1 fully saturated rings. The molecule has 0 radical (unpaired) electrons. The number of carbonyl (C=O) groups excluding carboxylic acids is 2. The number of hydrogen-bond acceptors (Lipinski definition) is 6. The predicted molar refractivity (Wildman–Crippen MR) is 75.5 cm³/mol. The maximum absolute atomic E-state index is 11.9. The fraction of sp³-hybridized carbons (Fsp3) is 0.538. The summed E-state index contributed by atoms with van der Waals surface area (Å²) < 4.78 is 0. The highest BCUT2D eigenvalue weighted by atomic mass is 16.2. The van der Waals surface area contributed by atoms with Gasteiger partial charge in [0.1, 0.15) is 11.9 Å². The molecule has 1 aromatic heterocycles. The molecule has 1 aliphatic rings. The van der Waals surface area contributed by atoms with Crippen LogP contribution in [0, 0.1) is 6.92 Å². The van der Waals surface area contributed by atoms with Gasteiger partial charge < -0.3 is 10.2 Å². The highest BCUT2D eigenvalue weighted by Gasteiger charge is 2.33. The van der Waals surface area contributed by atoms with Crippen molar-refractivity contribution in [2.45, 2.75) is 33.2 Å². The molecular formula is C13H19N5O2. The maximum atomic E-state index is 11.9. The number of carbonyl (C=O) groups is 2. The highest BCUT2D eigenvalue weighted by Crippen LogP contribution is 2.20.